The maximum atomic E-state index is 8.90. The van der Waals surface area contributed by atoms with Gasteiger partial charge in [0.1, 0.15) is 5.84 Å². The SMILES string of the molecule is CC(CNC(C)C(C)CO)C(N)=NO. The van der Waals surface area contributed by atoms with Gasteiger partial charge in [0.2, 0.25) is 0 Å². The summed E-state index contributed by atoms with van der Waals surface area (Å²) in [5.41, 5.74) is 5.42. The van der Waals surface area contributed by atoms with Crippen LogP contribution in [0.15, 0.2) is 5.16 Å². The Morgan fingerprint density at radius 1 is 1.43 bits per heavy atom. The zero-order chi connectivity index (χ0) is 11.1. The Hall–Kier alpha value is -0.810. The molecule has 0 heterocycles. The third kappa shape index (κ3) is 4.43. The summed E-state index contributed by atoms with van der Waals surface area (Å²) in [7, 11) is 0. The van der Waals surface area contributed by atoms with E-state index in [1.807, 2.05) is 20.8 Å². The van der Waals surface area contributed by atoms with Gasteiger partial charge in [-0.1, -0.05) is 19.0 Å². The topological polar surface area (TPSA) is 90.9 Å². The summed E-state index contributed by atoms with van der Waals surface area (Å²) < 4.78 is 0. The second kappa shape index (κ2) is 6.62. The van der Waals surface area contributed by atoms with E-state index < -0.39 is 0 Å². The number of rotatable bonds is 6. The third-order valence-corrected chi connectivity index (χ3v) is 2.51. The van der Waals surface area contributed by atoms with Gasteiger partial charge >= 0.3 is 0 Å². The van der Waals surface area contributed by atoms with Crippen LogP contribution < -0.4 is 11.1 Å². The molecule has 0 rings (SSSR count). The lowest BCUT2D eigenvalue weighted by Gasteiger charge is -2.21. The van der Waals surface area contributed by atoms with Gasteiger partial charge in [0.25, 0.3) is 0 Å². The van der Waals surface area contributed by atoms with E-state index in [1.54, 1.807) is 0 Å². The van der Waals surface area contributed by atoms with E-state index in [0.29, 0.717) is 6.54 Å². The van der Waals surface area contributed by atoms with Crippen molar-refractivity contribution < 1.29 is 10.3 Å². The first-order chi connectivity index (χ1) is 6.52. The van der Waals surface area contributed by atoms with E-state index in [0.717, 1.165) is 0 Å². The molecule has 0 fully saturated rings. The molecule has 14 heavy (non-hydrogen) atoms. The number of oxime groups is 1. The zero-order valence-electron chi connectivity index (χ0n) is 9.07. The Morgan fingerprint density at radius 2 is 2.00 bits per heavy atom. The van der Waals surface area contributed by atoms with Crippen molar-refractivity contribution in [3.05, 3.63) is 0 Å². The summed E-state index contributed by atoms with van der Waals surface area (Å²) in [5, 5.41) is 23.5. The number of hydrogen-bond acceptors (Lipinski definition) is 4. The van der Waals surface area contributed by atoms with Gasteiger partial charge in [-0.15, -0.1) is 0 Å². The standard InChI is InChI=1S/C9H21N3O2/c1-6(9(10)12-14)4-11-8(3)7(2)5-13/h6-8,11,13-14H,4-5H2,1-3H3,(H2,10,12). The molecular formula is C9H21N3O2. The van der Waals surface area contributed by atoms with Crippen LogP contribution in [0.25, 0.3) is 0 Å². The molecule has 5 nitrogen and oxygen atoms in total. The van der Waals surface area contributed by atoms with Crippen molar-refractivity contribution in [2.75, 3.05) is 13.2 Å². The van der Waals surface area contributed by atoms with Gasteiger partial charge in [0, 0.05) is 25.1 Å². The van der Waals surface area contributed by atoms with Crippen molar-refractivity contribution in [1.29, 1.82) is 0 Å². The largest absolute Gasteiger partial charge is 0.409 e. The predicted octanol–water partition coefficient (Wildman–Crippen LogP) is -0.0246. The zero-order valence-corrected chi connectivity index (χ0v) is 9.07. The normalized spacial score (nSPS) is 19.0. The molecule has 3 atom stereocenters. The second-order valence-corrected chi connectivity index (χ2v) is 3.78. The number of nitrogens with zero attached hydrogens (tertiary/aromatic N) is 1. The van der Waals surface area contributed by atoms with E-state index in [-0.39, 0.29) is 30.3 Å². The summed E-state index contributed by atoms with van der Waals surface area (Å²) in [4.78, 5) is 0. The molecule has 5 heteroatoms. The van der Waals surface area contributed by atoms with Crippen LogP contribution in [-0.2, 0) is 0 Å². The summed E-state index contributed by atoms with van der Waals surface area (Å²) in [5.74, 6) is 0.421. The molecule has 0 aromatic rings. The quantitative estimate of drug-likeness (QED) is 0.211. The van der Waals surface area contributed by atoms with Crippen molar-refractivity contribution in [1.82, 2.24) is 5.32 Å². The second-order valence-electron chi connectivity index (χ2n) is 3.78. The highest BCUT2D eigenvalue weighted by molar-refractivity contribution is 5.82. The van der Waals surface area contributed by atoms with Gasteiger partial charge in [-0.25, -0.2) is 0 Å². The molecule has 0 spiro atoms. The Kier molecular flexibility index (Phi) is 6.23. The molecule has 0 saturated carbocycles. The third-order valence-electron chi connectivity index (χ3n) is 2.51. The molecule has 0 aliphatic heterocycles. The maximum Gasteiger partial charge on any atom is 0.143 e. The number of hydrogen-bond donors (Lipinski definition) is 4. The van der Waals surface area contributed by atoms with E-state index in [9.17, 15) is 0 Å². The van der Waals surface area contributed by atoms with Gasteiger partial charge in [-0.05, 0) is 12.8 Å². The summed E-state index contributed by atoms with van der Waals surface area (Å²) in [6.45, 7) is 6.64. The summed E-state index contributed by atoms with van der Waals surface area (Å²) in [6.07, 6.45) is 0. The lowest BCUT2D eigenvalue weighted by atomic mass is 10.0. The van der Waals surface area contributed by atoms with Crippen LogP contribution in [-0.4, -0.2) is 35.3 Å². The van der Waals surface area contributed by atoms with Crippen molar-refractivity contribution in [2.45, 2.75) is 26.8 Å². The number of nitrogens with two attached hydrogens (primary N) is 1. The molecule has 0 radical (unpaired) electrons. The molecule has 5 N–H and O–H groups in total. The summed E-state index contributed by atoms with van der Waals surface area (Å²) >= 11 is 0. The van der Waals surface area contributed by atoms with Crippen molar-refractivity contribution in [3.8, 4) is 0 Å². The van der Waals surface area contributed by atoms with Gasteiger partial charge in [0.05, 0.1) is 0 Å². The van der Waals surface area contributed by atoms with Crippen LogP contribution in [0.3, 0.4) is 0 Å². The van der Waals surface area contributed by atoms with Gasteiger partial charge in [0.15, 0.2) is 0 Å². The van der Waals surface area contributed by atoms with Crippen molar-refractivity contribution in [2.24, 2.45) is 22.7 Å². The first kappa shape index (κ1) is 13.2. The molecule has 0 aromatic carbocycles. The maximum absolute atomic E-state index is 8.90. The molecule has 0 aliphatic rings. The fourth-order valence-electron chi connectivity index (χ4n) is 0.925. The van der Waals surface area contributed by atoms with E-state index in [2.05, 4.69) is 10.5 Å². The predicted molar refractivity (Wildman–Crippen MR) is 56.3 cm³/mol. The molecule has 0 aliphatic carbocycles. The summed E-state index contributed by atoms with van der Waals surface area (Å²) in [6, 6.07) is 0.217. The molecule has 0 amide bonds. The highest BCUT2D eigenvalue weighted by atomic mass is 16.4. The fourth-order valence-corrected chi connectivity index (χ4v) is 0.925. The van der Waals surface area contributed by atoms with Gasteiger partial charge in [-0.2, -0.15) is 0 Å². The van der Waals surface area contributed by atoms with Crippen molar-refractivity contribution in [3.63, 3.8) is 0 Å². The molecule has 0 aromatic heterocycles. The minimum Gasteiger partial charge on any atom is -0.409 e. The lowest BCUT2D eigenvalue weighted by molar-refractivity contribution is 0.206. The lowest BCUT2D eigenvalue weighted by Crippen LogP contribution is -2.39. The highest BCUT2D eigenvalue weighted by Gasteiger charge is 2.13. The highest BCUT2D eigenvalue weighted by Crippen LogP contribution is 2.02. The van der Waals surface area contributed by atoms with E-state index >= 15 is 0 Å². The molecule has 0 bridgehead atoms. The molecular weight excluding hydrogens is 182 g/mol. The molecule has 84 valence electrons. The van der Waals surface area contributed by atoms with Gasteiger partial charge in [-0.3, -0.25) is 0 Å². The Labute approximate surface area is 85.0 Å². The fraction of sp³-hybridized carbons (Fsp3) is 0.889. The number of aliphatic hydroxyl groups excluding tert-OH is 1. The van der Waals surface area contributed by atoms with Crippen LogP contribution in [0.4, 0.5) is 0 Å². The van der Waals surface area contributed by atoms with Crippen LogP contribution in [0, 0.1) is 11.8 Å². The smallest absolute Gasteiger partial charge is 0.143 e. The Bertz CT molecular complexity index is 185. The number of aliphatic hydroxyl groups is 1. The Balaban J connectivity index is 3.82. The van der Waals surface area contributed by atoms with E-state index in [1.165, 1.54) is 0 Å². The first-order valence-electron chi connectivity index (χ1n) is 4.84. The van der Waals surface area contributed by atoms with Gasteiger partial charge < -0.3 is 21.4 Å². The molecule has 0 saturated heterocycles. The average molecular weight is 203 g/mol. The van der Waals surface area contributed by atoms with E-state index in [4.69, 9.17) is 16.0 Å². The van der Waals surface area contributed by atoms with Crippen LogP contribution >= 0.6 is 0 Å². The number of nitrogens with one attached hydrogen (secondary N) is 1. The molecule has 3 unspecified atom stereocenters. The minimum atomic E-state index is -0.00616. The van der Waals surface area contributed by atoms with Crippen LogP contribution in [0.1, 0.15) is 20.8 Å². The van der Waals surface area contributed by atoms with Crippen LogP contribution in [0.5, 0.6) is 0 Å². The van der Waals surface area contributed by atoms with Crippen molar-refractivity contribution >= 4 is 5.84 Å². The van der Waals surface area contributed by atoms with Crippen LogP contribution in [0.2, 0.25) is 0 Å². The Morgan fingerprint density at radius 3 is 2.43 bits per heavy atom. The monoisotopic (exact) mass is 203 g/mol. The number of amidine groups is 1. The minimum absolute atomic E-state index is 0.00616. The average Bonchev–Trinajstić information content (AvgIpc) is 2.22. The first-order valence-corrected chi connectivity index (χ1v) is 4.84.